The molecule has 2 heterocycles. The number of nitrogens with zero attached hydrogens (tertiary/aromatic N) is 1. The van der Waals surface area contributed by atoms with E-state index >= 15 is 0 Å². The topological polar surface area (TPSA) is 62.1 Å². The number of aromatic nitrogens is 1. The molecule has 0 fully saturated rings. The zero-order valence-electron chi connectivity index (χ0n) is 11.5. The molecule has 104 valence electrons. The predicted molar refractivity (Wildman–Crippen MR) is 82.7 cm³/mol. The molecule has 1 aliphatic rings. The zero-order chi connectivity index (χ0) is 14.4. The van der Waals surface area contributed by atoms with E-state index in [0.717, 1.165) is 10.9 Å². The van der Waals surface area contributed by atoms with Gasteiger partial charge in [-0.1, -0.05) is 24.3 Å². The fourth-order valence-electron chi connectivity index (χ4n) is 2.97. The Bertz CT molecular complexity index is 825. The molecule has 0 unspecified atom stereocenters. The molecule has 0 spiro atoms. The third-order valence-electron chi connectivity index (χ3n) is 4.06. The first-order valence-corrected chi connectivity index (χ1v) is 6.95. The van der Waals surface area contributed by atoms with Gasteiger partial charge in [0.25, 0.3) is 5.91 Å². The van der Waals surface area contributed by atoms with E-state index in [-0.39, 0.29) is 5.91 Å². The molecule has 3 N–H and O–H groups in total. The number of nitrogens with one attached hydrogen (secondary N) is 1. The van der Waals surface area contributed by atoms with Gasteiger partial charge in [-0.15, -0.1) is 0 Å². The molecule has 1 aromatic heterocycles. The van der Waals surface area contributed by atoms with E-state index in [2.05, 4.69) is 17.1 Å². The van der Waals surface area contributed by atoms with Gasteiger partial charge in [-0.3, -0.25) is 4.79 Å². The number of carbonyl (C=O) groups excluding carboxylic acids is 1. The number of aromatic amines is 1. The van der Waals surface area contributed by atoms with Crippen LogP contribution in [0.2, 0.25) is 0 Å². The van der Waals surface area contributed by atoms with Gasteiger partial charge in [-0.25, -0.2) is 0 Å². The van der Waals surface area contributed by atoms with Gasteiger partial charge in [0.05, 0.1) is 5.56 Å². The Balaban J connectivity index is 1.69. The average Bonchev–Trinajstić information content (AvgIpc) is 3.09. The Morgan fingerprint density at radius 2 is 1.81 bits per heavy atom. The lowest BCUT2D eigenvalue weighted by Crippen LogP contribution is -2.25. The molecule has 4 heteroatoms. The Morgan fingerprint density at radius 1 is 1.10 bits per heavy atom. The van der Waals surface area contributed by atoms with Gasteiger partial charge in [0.15, 0.2) is 0 Å². The predicted octanol–water partition coefficient (Wildman–Crippen LogP) is 2.91. The highest BCUT2D eigenvalue weighted by atomic mass is 16.2. The highest BCUT2D eigenvalue weighted by Gasteiger charge is 2.25. The number of nitrogen functional groups attached to an aromatic ring is 1. The Labute approximate surface area is 122 Å². The van der Waals surface area contributed by atoms with E-state index in [4.69, 9.17) is 5.73 Å². The van der Waals surface area contributed by atoms with Gasteiger partial charge in [0.2, 0.25) is 0 Å². The molecule has 3 aromatic rings. The maximum Gasteiger partial charge on any atom is 0.256 e. The third kappa shape index (κ3) is 1.88. The molecule has 0 aliphatic carbocycles. The van der Waals surface area contributed by atoms with E-state index < -0.39 is 0 Å². The summed E-state index contributed by atoms with van der Waals surface area (Å²) in [7, 11) is 0. The van der Waals surface area contributed by atoms with Gasteiger partial charge in [-0.2, -0.15) is 0 Å². The second-order valence-electron chi connectivity index (χ2n) is 5.44. The molecule has 1 aliphatic heterocycles. The van der Waals surface area contributed by atoms with Crippen LogP contribution >= 0.6 is 0 Å². The van der Waals surface area contributed by atoms with Crippen LogP contribution in [-0.4, -0.2) is 15.8 Å². The molecule has 2 aromatic carbocycles. The van der Waals surface area contributed by atoms with Crippen LogP contribution in [0.4, 0.5) is 5.69 Å². The third-order valence-corrected chi connectivity index (χ3v) is 4.06. The number of amides is 1. The van der Waals surface area contributed by atoms with E-state index in [1.807, 2.05) is 35.2 Å². The summed E-state index contributed by atoms with van der Waals surface area (Å²) in [6, 6.07) is 13.8. The van der Waals surface area contributed by atoms with Crippen molar-refractivity contribution < 1.29 is 4.79 Å². The minimum absolute atomic E-state index is 0.0576. The lowest BCUT2D eigenvalue weighted by molar-refractivity contribution is 0.0753. The van der Waals surface area contributed by atoms with Gasteiger partial charge in [-0.05, 0) is 29.3 Å². The molecule has 0 radical (unpaired) electrons. The second-order valence-corrected chi connectivity index (χ2v) is 5.44. The monoisotopic (exact) mass is 277 g/mol. The Morgan fingerprint density at radius 3 is 2.52 bits per heavy atom. The van der Waals surface area contributed by atoms with Crippen molar-refractivity contribution in [3.63, 3.8) is 0 Å². The number of rotatable bonds is 1. The number of anilines is 1. The normalized spacial score (nSPS) is 13.6. The molecule has 0 bridgehead atoms. The molecule has 1 amide bonds. The molecule has 0 atom stereocenters. The minimum Gasteiger partial charge on any atom is -0.399 e. The average molecular weight is 277 g/mol. The first-order valence-electron chi connectivity index (χ1n) is 6.95. The molecular formula is C17H15N3O. The van der Waals surface area contributed by atoms with E-state index in [1.165, 1.54) is 11.1 Å². The van der Waals surface area contributed by atoms with Gasteiger partial charge >= 0.3 is 0 Å². The van der Waals surface area contributed by atoms with Crippen LogP contribution < -0.4 is 5.73 Å². The van der Waals surface area contributed by atoms with Gasteiger partial charge in [0, 0.05) is 35.9 Å². The van der Waals surface area contributed by atoms with E-state index in [0.29, 0.717) is 24.3 Å². The lowest BCUT2D eigenvalue weighted by atomic mass is 10.1. The van der Waals surface area contributed by atoms with Gasteiger partial charge in [0.1, 0.15) is 0 Å². The number of fused-ring (bicyclic) bond motifs is 2. The first kappa shape index (κ1) is 12.0. The largest absolute Gasteiger partial charge is 0.399 e. The molecule has 4 rings (SSSR count). The van der Waals surface area contributed by atoms with Crippen LogP contribution in [0.15, 0.2) is 48.7 Å². The second kappa shape index (κ2) is 4.38. The maximum absolute atomic E-state index is 12.8. The van der Waals surface area contributed by atoms with Crippen molar-refractivity contribution in [3.05, 3.63) is 65.4 Å². The number of hydrogen-bond acceptors (Lipinski definition) is 2. The van der Waals surface area contributed by atoms with Crippen molar-refractivity contribution in [1.29, 1.82) is 0 Å². The van der Waals surface area contributed by atoms with Crippen molar-refractivity contribution in [2.24, 2.45) is 0 Å². The summed E-state index contributed by atoms with van der Waals surface area (Å²) in [6.45, 7) is 1.35. The van der Waals surface area contributed by atoms with Crippen LogP contribution in [0.25, 0.3) is 10.9 Å². The maximum atomic E-state index is 12.8. The summed E-state index contributed by atoms with van der Waals surface area (Å²) in [5.41, 5.74) is 10.5. The Hall–Kier alpha value is -2.75. The van der Waals surface area contributed by atoms with Crippen molar-refractivity contribution in [2.45, 2.75) is 13.1 Å². The SMILES string of the molecule is Nc1ccc2c(C(=O)N3Cc4ccccc4C3)c[nH]c2c1. The van der Waals surface area contributed by atoms with Crippen LogP contribution in [0.5, 0.6) is 0 Å². The first-order chi connectivity index (χ1) is 10.2. The van der Waals surface area contributed by atoms with Crippen LogP contribution in [0.1, 0.15) is 21.5 Å². The molecule has 0 saturated heterocycles. The number of H-pyrrole nitrogens is 1. The number of hydrogen-bond donors (Lipinski definition) is 2. The van der Waals surface area contributed by atoms with Crippen LogP contribution in [0.3, 0.4) is 0 Å². The van der Waals surface area contributed by atoms with Crippen LogP contribution in [0, 0.1) is 0 Å². The van der Waals surface area contributed by atoms with Crippen molar-refractivity contribution in [1.82, 2.24) is 9.88 Å². The fourth-order valence-corrected chi connectivity index (χ4v) is 2.97. The van der Waals surface area contributed by atoms with E-state index in [9.17, 15) is 4.79 Å². The molecular weight excluding hydrogens is 262 g/mol. The van der Waals surface area contributed by atoms with Crippen molar-refractivity contribution in [3.8, 4) is 0 Å². The summed E-state index contributed by atoms with van der Waals surface area (Å²) in [6.07, 6.45) is 1.77. The summed E-state index contributed by atoms with van der Waals surface area (Å²) >= 11 is 0. The molecule has 0 saturated carbocycles. The smallest absolute Gasteiger partial charge is 0.256 e. The zero-order valence-corrected chi connectivity index (χ0v) is 11.5. The molecule has 21 heavy (non-hydrogen) atoms. The summed E-state index contributed by atoms with van der Waals surface area (Å²) in [4.78, 5) is 17.8. The number of benzene rings is 2. The van der Waals surface area contributed by atoms with Crippen LogP contribution in [-0.2, 0) is 13.1 Å². The van der Waals surface area contributed by atoms with Gasteiger partial charge < -0.3 is 15.6 Å². The quantitative estimate of drug-likeness (QED) is 0.672. The summed E-state index contributed by atoms with van der Waals surface area (Å²) < 4.78 is 0. The number of nitrogens with two attached hydrogens (primary N) is 1. The highest BCUT2D eigenvalue weighted by molar-refractivity contribution is 6.07. The standard InChI is InChI=1S/C17H15N3O/c18-13-5-6-14-15(8-19-16(14)7-13)17(21)20-9-11-3-1-2-4-12(11)10-20/h1-8,19H,9-10,18H2. The lowest BCUT2D eigenvalue weighted by Gasteiger charge is -2.14. The fraction of sp³-hybridized carbons (Fsp3) is 0.118. The van der Waals surface area contributed by atoms with Crippen molar-refractivity contribution >= 4 is 22.5 Å². The number of carbonyl (C=O) groups is 1. The van der Waals surface area contributed by atoms with Crippen molar-refractivity contribution in [2.75, 3.05) is 5.73 Å². The summed E-state index contributed by atoms with van der Waals surface area (Å²) in [5, 5.41) is 0.921. The summed E-state index contributed by atoms with van der Waals surface area (Å²) in [5.74, 6) is 0.0576. The highest BCUT2D eigenvalue weighted by Crippen LogP contribution is 2.27. The Kier molecular flexibility index (Phi) is 2.51. The molecule has 4 nitrogen and oxygen atoms in total. The minimum atomic E-state index is 0.0576. The van der Waals surface area contributed by atoms with E-state index in [1.54, 1.807) is 6.20 Å².